The molecule has 0 bridgehead atoms. The molecule has 1 amide bonds. The Hall–Kier alpha value is -1.88. The van der Waals surface area contributed by atoms with Gasteiger partial charge < -0.3 is 15.2 Å². The molecule has 5 heteroatoms. The number of amides is 1. The maximum Gasteiger partial charge on any atom is 0.310 e. The van der Waals surface area contributed by atoms with Gasteiger partial charge in [-0.3, -0.25) is 9.59 Å². The highest BCUT2D eigenvalue weighted by Crippen LogP contribution is 2.44. The number of hydrogen-bond donors (Lipinski definition) is 2. The summed E-state index contributed by atoms with van der Waals surface area (Å²) in [6.07, 6.45) is 2.09. The van der Waals surface area contributed by atoms with Gasteiger partial charge in [0.15, 0.2) is 0 Å². The Morgan fingerprint density at radius 3 is 2.71 bits per heavy atom. The molecule has 0 atom stereocenters. The van der Waals surface area contributed by atoms with E-state index in [0.717, 1.165) is 12.0 Å². The Morgan fingerprint density at radius 1 is 1.38 bits per heavy atom. The number of ether oxygens (including phenoxy) is 1. The minimum absolute atomic E-state index is 0.0397. The number of carbonyl (C=O) groups is 2. The molecule has 0 radical (unpaired) electrons. The molecule has 5 nitrogen and oxygen atoms in total. The number of carbonyl (C=O) groups excluding carboxylic acids is 1. The van der Waals surface area contributed by atoms with E-state index in [1.54, 1.807) is 6.07 Å². The van der Waals surface area contributed by atoms with E-state index >= 15 is 0 Å². The Labute approximate surface area is 124 Å². The van der Waals surface area contributed by atoms with Crippen molar-refractivity contribution in [3.05, 3.63) is 29.8 Å². The second kappa shape index (κ2) is 6.72. The average Bonchev–Trinajstić information content (AvgIpc) is 2.40. The van der Waals surface area contributed by atoms with Gasteiger partial charge in [-0.25, -0.2) is 0 Å². The highest BCUT2D eigenvalue weighted by molar-refractivity contribution is 5.94. The zero-order chi connectivity index (χ0) is 15.3. The van der Waals surface area contributed by atoms with Gasteiger partial charge in [-0.1, -0.05) is 18.6 Å². The van der Waals surface area contributed by atoms with Crippen molar-refractivity contribution in [1.82, 2.24) is 0 Å². The highest BCUT2D eigenvalue weighted by Gasteiger charge is 2.45. The first-order chi connectivity index (χ1) is 10.1. The van der Waals surface area contributed by atoms with Crippen LogP contribution in [0.5, 0.6) is 0 Å². The predicted molar refractivity (Wildman–Crippen MR) is 78.9 cm³/mol. The molecule has 0 saturated heterocycles. The van der Waals surface area contributed by atoms with Gasteiger partial charge in [-0.15, -0.1) is 0 Å². The van der Waals surface area contributed by atoms with E-state index in [2.05, 4.69) is 5.32 Å². The summed E-state index contributed by atoms with van der Waals surface area (Å²) >= 11 is 0. The van der Waals surface area contributed by atoms with Crippen LogP contribution in [0.4, 0.5) is 5.69 Å². The van der Waals surface area contributed by atoms with Crippen molar-refractivity contribution < 1.29 is 19.4 Å². The minimum atomic E-state index is -0.867. The summed E-state index contributed by atoms with van der Waals surface area (Å²) in [4.78, 5) is 23.3. The first-order valence-corrected chi connectivity index (χ1v) is 7.26. The molecular formula is C16H21NO4. The van der Waals surface area contributed by atoms with Crippen LogP contribution in [0.2, 0.25) is 0 Å². The third kappa shape index (κ3) is 3.82. The molecule has 0 unspecified atom stereocenters. The summed E-state index contributed by atoms with van der Waals surface area (Å²) in [5.74, 6) is -1.11. The lowest BCUT2D eigenvalue weighted by Crippen LogP contribution is -2.41. The molecule has 1 aliphatic rings. The zero-order valence-electron chi connectivity index (χ0n) is 12.2. The molecule has 2 N–H and O–H groups in total. The van der Waals surface area contributed by atoms with Crippen LogP contribution in [-0.4, -0.2) is 23.6 Å². The van der Waals surface area contributed by atoms with Crippen LogP contribution in [0.25, 0.3) is 0 Å². The quantitative estimate of drug-likeness (QED) is 0.810. The average molecular weight is 291 g/mol. The first-order valence-electron chi connectivity index (χ1n) is 7.26. The van der Waals surface area contributed by atoms with E-state index in [-0.39, 0.29) is 12.3 Å². The number of rotatable bonds is 7. The van der Waals surface area contributed by atoms with Crippen molar-refractivity contribution in [2.24, 2.45) is 5.41 Å². The smallest absolute Gasteiger partial charge is 0.310 e. The molecule has 1 aliphatic carbocycles. The molecule has 21 heavy (non-hydrogen) atoms. The number of nitrogens with one attached hydrogen (secondary N) is 1. The number of hydrogen-bond acceptors (Lipinski definition) is 3. The van der Waals surface area contributed by atoms with Gasteiger partial charge in [-0.2, -0.15) is 0 Å². The Kier molecular flexibility index (Phi) is 4.96. The summed E-state index contributed by atoms with van der Waals surface area (Å²) in [6.45, 7) is 3.06. The summed E-state index contributed by atoms with van der Waals surface area (Å²) in [5.41, 5.74) is 0.802. The SMILES string of the molecule is CCOCc1cccc(NC(=O)CC2(C(=O)O)CCC2)c1. The van der Waals surface area contributed by atoms with Gasteiger partial charge in [0.1, 0.15) is 0 Å². The van der Waals surface area contributed by atoms with E-state index in [1.807, 2.05) is 25.1 Å². The second-order valence-electron chi connectivity index (χ2n) is 5.50. The first kappa shape index (κ1) is 15.5. The van der Waals surface area contributed by atoms with Crippen LogP contribution >= 0.6 is 0 Å². The predicted octanol–water partition coefficient (Wildman–Crippen LogP) is 2.81. The van der Waals surface area contributed by atoms with Crippen LogP contribution in [0.3, 0.4) is 0 Å². The van der Waals surface area contributed by atoms with Crippen molar-refractivity contribution in [2.75, 3.05) is 11.9 Å². The van der Waals surface area contributed by atoms with Crippen molar-refractivity contribution in [3.63, 3.8) is 0 Å². The van der Waals surface area contributed by atoms with Crippen molar-refractivity contribution >= 4 is 17.6 Å². The summed E-state index contributed by atoms with van der Waals surface area (Å²) in [6, 6.07) is 7.42. The lowest BCUT2D eigenvalue weighted by molar-refractivity contribution is -0.157. The van der Waals surface area contributed by atoms with E-state index in [1.165, 1.54) is 0 Å². The normalized spacial score (nSPS) is 16.0. The van der Waals surface area contributed by atoms with Crippen LogP contribution in [0.15, 0.2) is 24.3 Å². The number of aliphatic carboxylic acids is 1. The molecule has 1 aromatic rings. The fraction of sp³-hybridized carbons (Fsp3) is 0.500. The van der Waals surface area contributed by atoms with Crippen LogP contribution in [0.1, 0.15) is 38.2 Å². The standard InChI is InChI=1S/C16H21NO4/c1-2-21-11-12-5-3-6-13(9-12)17-14(18)10-16(15(19)20)7-4-8-16/h3,5-6,9H,2,4,7-8,10-11H2,1H3,(H,17,18)(H,19,20). The van der Waals surface area contributed by atoms with Gasteiger partial charge in [0, 0.05) is 18.7 Å². The van der Waals surface area contributed by atoms with Crippen LogP contribution in [-0.2, 0) is 20.9 Å². The molecule has 2 rings (SSSR count). The molecule has 1 aromatic carbocycles. The van der Waals surface area contributed by atoms with Crippen molar-refractivity contribution in [3.8, 4) is 0 Å². The minimum Gasteiger partial charge on any atom is -0.481 e. The Morgan fingerprint density at radius 2 is 2.14 bits per heavy atom. The van der Waals surface area contributed by atoms with Gasteiger partial charge in [-0.05, 0) is 37.5 Å². The van der Waals surface area contributed by atoms with Crippen molar-refractivity contribution in [2.45, 2.75) is 39.2 Å². The largest absolute Gasteiger partial charge is 0.481 e. The number of carboxylic acids is 1. The molecule has 0 aromatic heterocycles. The van der Waals surface area contributed by atoms with E-state index in [0.29, 0.717) is 31.7 Å². The number of benzene rings is 1. The lowest BCUT2D eigenvalue weighted by Gasteiger charge is -2.36. The molecule has 1 fully saturated rings. The summed E-state index contributed by atoms with van der Waals surface area (Å²) in [7, 11) is 0. The van der Waals surface area contributed by atoms with E-state index < -0.39 is 11.4 Å². The maximum absolute atomic E-state index is 12.0. The third-order valence-electron chi connectivity index (χ3n) is 3.95. The molecular weight excluding hydrogens is 270 g/mol. The lowest BCUT2D eigenvalue weighted by atomic mass is 9.66. The Bertz CT molecular complexity index is 523. The molecule has 114 valence electrons. The summed E-state index contributed by atoms with van der Waals surface area (Å²) < 4.78 is 5.33. The monoisotopic (exact) mass is 291 g/mol. The zero-order valence-corrected chi connectivity index (χ0v) is 12.2. The number of anilines is 1. The van der Waals surface area contributed by atoms with Crippen LogP contribution < -0.4 is 5.32 Å². The fourth-order valence-corrected chi connectivity index (χ4v) is 2.54. The van der Waals surface area contributed by atoms with E-state index in [4.69, 9.17) is 4.74 Å². The topological polar surface area (TPSA) is 75.6 Å². The fourth-order valence-electron chi connectivity index (χ4n) is 2.54. The van der Waals surface area contributed by atoms with Gasteiger partial charge in [0.2, 0.25) is 5.91 Å². The summed E-state index contributed by atoms with van der Waals surface area (Å²) in [5, 5.41) is 12.0. The maximum atomic E-state index is 12.0. The highest BCUT2D eigenvalue weighted by atomic mass is 16.5. The Balaban J connectivity index is 1.95. The second-order valence-corrected chi connectivity index (χ2v) is 5.50. The third-order valence-corrected chi connectivity index (χ3v) is 3.95. The molecule has 0 heterocycles. The molecule has 0 aliphatic heterocycles. The van der Waals surface area contributed by atoms with Gasteiger partial charge >= 0.3 is 5.97 Å². The van der Waals surface area contributed by atoms with Crippen LogP contribution in [0, 0.1) is 5.41 Å². The van der Waals surface area contributed by atoms with Gasteiger partial charge in [0.25, 0.3) is 0 Å². The number of carboxylic acid groups (broad SMARTS) is 1. The van der Waals surface area contributed by atoms with Crippen molar-refractivity contribution in [1.29, 1.82) is 0 Å². The molecule has 1 saturated carbocycles. The van der Waals surface area contributed by atoms with E-state index in [9.17, 15) is 14.7 Å². The van der Waals surface area contributed by atoms with Gasteiger partial charge in [0.05, 0.1) is 12.0 Å². The molecule has 0 spiro atoms.